The molecule has 0 aromatic heterocycles. The van der Waals surface area contributed by atoms with Crippen molar-refractivity contribution in [3.63, 3.8) is 0 Å². The van der Waals surface area contributed by atoms with Gasteiger partial charge < -0.3 is 9.47 Å². The average molecular weight is 485 g/mol. The van der Waals surface area contributed by atoms with Crippen LogP contribution in [0.15, 0.2) is 60.7 Å². The molecule has 2 saturated heterocycles. The average Bonchev–Trinajstić information content (AvgIpc) is 3.28. The minimum absolute atomic E-state index is 0.112. The van der Waals surface area contributed by atoms with Crippen molar-refractivity contribution in [2.75, 3.05) is 24.0 Å². The molecule has 8 nitrogen and oxygen atoms in total. The van der Waals surface area contributed by atoms with Crippen LogP contribution in [0, 0.1) is 47.3 Å². The number of rotatable bonds is 4. The van der Waals surface area contributed by atoms with Gasteiger partial charge in [0.2, 0.25) is 23.6 Å². The molecule has 2 aromatic carbocycles. The van der Waals surface area contributed by atoms with Gasteiger partial charge in [0.15, 0.2) is 0 Å². The van der Waals surface area contributed by atoms with Crippen molar-refractivity contribution < 1.29 is 28.7 Å². The Hall–Kier alpha value is -3.94. The summed E-state index contributed by atoms with van der Waals surface area (Å²) in [6.07, 6.45) is 4.03. The molecule has 4 fully saturated rings. The van der Waals surface area contributed by atoms with Crippen LogP contribution in [0.5, 0.6) is 11.5 Å². The van der Waals surface area contributed by atoms with Crippen LogP contribution in [0.1, 0.15) is 0 Å². The molecule has 0 radical (unpaired) electrons. The van der Waals surface area contributed by atoms with Gasteiger partial charge in [-0.15, -0.1) is 0 Å². The maximum atomic E-state index is 13.6. The van der Waals surface area contributed by atoms with Gasteiger partial charge in [-0.25, -0.2) is 0 Å². The maximum Gasteiger partial charge on any atom is 0.238 e. The molecule has 182 valence electrons. The zero-order valence-corrected chi connectivity index (χ0v) is 19.7. The zero-order valence-electron chi connectivity index (χ0n) is 19.7. The third-order valence-corrected chi connectivity index (χ3v) is 9.00. The fourth-order valence-corrected chi connectivity index (χ4v) is 7.57. The van der Waals surface area contributed by atoms with Gasteiger partial charge in [0.1, 0.15) is 11.5 Å². The highest BCUT2D eigenvalue weighted by atomic mass is 16.5. The molecule has 2 aromatic rings. The molecule has 2 aliphatic heterocycles. The minimum Gasteiger partial charge on any atom is -0.497 e. The summed E-state index contributed by atoms with van der Waals surface area (Å²) in [5, 5.41) is 0. The number of carbonyl (C=O) groups excluding carboxylic acids is 4. The molecule has 0 N–H and O–H groups in total. The molecule has 8 atom stereocenters. The highest BCUT2D eigenvalue weighted by molar-refractivity contribution is 6.25. The quantitative estimate of drug-likeness (QED) is 0.489. The Morgan fingerprint density at radius 3 is 1.19 bits per heavy atom. The monoisotopic (exact) mass is 484 g/mol. The summed E-state index contributed by atoms with van der Waals surface area (Å²) in [4.78, 5) is 56.9. The first kappa shape index (κ1) is 21.4. The van der Waals surface area contributed by atoms with Crippen LogP contribution in [0.2, 0.25) is 0 Å². The lowest BCUT2D eigenvalue weighted by molar-refractivity contribution is -0.166. The van der Waals surface area contributed by atoms with E-state index in [-0.39, 0.29) is 47.3 Å². The van der Waals surface area contributed by atoms with Crippen LogP contribution in [0.3, 0.4) is 0 Å². The summed E-state index contributed by atoms with van der Waals surface area (Å²) < 4.78 is 10.4. The Balaban J connectivity index is 1.22. The lowest BCUT2D eigenvalue weighted by Gasteiger charge is -2.60. The van der Waals surface area contributed by atoms with Crippen molar-refractivity contribution in [3.8, 4) is 11.5 Å². The predicted octanol–water partition coefficient (Wildman–Crippen LogP) is 2.68. The second-order valence-corrected chi connectivity index (χ2v) is 10.2. The number of anilines is 2. The largest absolute Gasteiger partial charge is 0.497 e. The summed E-state index contributed by atoms with van der Waals surface area (Å²) in [7, 11) is 3.12. The predicted molar refractivity (Wildman–Crippen MR) is 128 cm³/mol. The highest BCUT2D eigenvalue weighted by Crippen LogP contribution is 2.68. The fraction of sp³-hybridized carbons (Fsp3) is 0.357. The van der Waals surface area contributed by atoms with Gasteiger partial charge in [-0.3, -0.25) is 29.0 Å². The van der Waals surface area contributed by atoms with E-state index in [1.165, 1.54) is 9.80 Å². The number of hydrogen-bond donors (Lipinski definition) is 0. The molecular formula is C28H24N2O6. The number of benzene rings is 2. The third-order valence-electron chi connectivity index (χ3n) is 9.00. The number of nitrogens with zero attached hydrogens (tertiary/aromatic N) is 2. The van der Waals surface area contributed by atoms with Crippen molar-refractivity contribution in [1.29, 1.82) is 0 Å². The molecule has 2 saturated carbocycles. The van der Waals surface area contributed by atoms with Crippen molar-refractivity contribution in [1.82, 2.24) is 0 Å². The van der Waals surface area contributed by atoms with E-state index < -0.39 is 23.7 Å². The molecule has 0 spiro atoms. The van der Waals surface area contributed by atoms with Crippen molar-refractivity contribution in [3.05, 3.63) is 60.7 Å². The van der Waals surface area contributed by atoms with E-state index in [0.29, 0.717) is 22.9 Å². The molecule has 8 heteroatoms. The zero-order chi connectivity index (χ0) is 24.9. The third kappa shape index (κ3) is 2.49. The summed E-state index contributed by atoms with van der Waals surface area (Å²) in [5.74, 6) is -2.21. The lowest BCUT2D eigenvalue weighted by Crippen LogP contribution is -2.63. The van der Waals surface area contributed by atoms with Gasteiger partial charge in [0.05, 0.1) is 49.3 Å². The van der Waals surface area contributed by atoms with Crippen LogP contribution in [-0.4, -0.2) is 37.8 Å². The summed E-state index contributed by atoms with van der Waals surface area (Å²) in [6, 6.07) is 13.8. The molecule has 8 rings (SSSR count). The number of methoxy groups -OCH3 is 2. The topological polar surface area (TPSA) is 93.2 Å². The number of fused-ring (bicyclic) bond motifs is 1. The standard InChI is InChI=1S/C28H24N2O6/c1-35-15-7-3-13(4-8-15)29-25(31)21-17-11-12-18(22(21)26(29)32)20-19(17)23-24(20)28(34)30(27(23)33)14-5-9-16(36-2)10-6-14/h3-12,17-24H,1-2H3/t17-,18+,19-,20-,21+,22-,23+,24-/m0/s1. The van der Waals surface area contributed by atoms with Crippen LogP contribution in [0.4, 0.5) is 11.4 Å². The first-order valence-electron chi connectivity index (χ1n) is 12.2. The number of amides is 4. The SMILES string of the molecule is COc1ccc(N2C(=O)[C@@H]3[C@H]4C=C[C@@H]([C@@H]3C2=O)[C@@H]2[C@@H]3C(=O)N(c5ccc(OC)cc5)C(=O)[C@@H]3[C@@H]42)cc1. The normalized spacial score (nSPS) is 35.5. The number of ether oxygens (including phenoxy) is 2. The lowest BCUT2D eigenvalue weighted by atomic mass is 9.40. The molecule has 36 heavy (non-hydrogen) atoms. The van der Waals surface area contributed by atoms with Gasteiger partial charge in [-0.2, -0.15) is 0 Å². The molecule has 0 unspecified atom stereocenters. The smallest absolute Gasteiger partial charge is 0.238 e. The summed E-state index contributed by atoms with van der Waals surface area (Å²) in [5.41, 5.74) is 1.04. The second-order valence-electron chi connectivity index (χ2n) is 10.2. The van der Waals surface area contributed by atoms with E-state index in [9.17, 15) is 19.2 Å². The maximum absolute atomic E-state index is 13.6. The molecular weight excluding hydrogens is 460 g/mol. The van der Waals surface area contributed by atoms with E-state index in [1.54, 1.807) is 62.8 Å². The number of imide groups is 2. The van der Waals surface area contributed by atoms with Gasteiger partial charge in [0.25, 0.3) is 0 Å². The second kappa shape index (κ2) is 7.29. The first-order chi connectivity index (χ1) is 17.5. The molecule has 2 heterocycles. The van der Waals surface area contributed by atoms with Crippen LogP contribution in [0.25, 0.3) is 0 Å². The van der Waals surface area contributed by atoms with E-state index in [2.05, 4.69) is 0 Å². The fourth-order valence-electron chi connectivity index (χ4n) is 7.57. The van der Waals surface area contributed by atoms with Gasteiger partial charge in [-0.1, -0.05) is 12.2 Å². The number of hydrogen-bond acceptors (Lipinski definition) is 6. The number of carbonyl (C=O) groups is 4. The Labute approximate surface area is 207 Å². The summed E-state index contributed by atoms with van der Waals surface area (Å²) >= 11 is 0. The Morgan fingerprint density at radius 1 is 0.528 bits per heavy atom. The molecule has 4 amide bonds. The van der Waals surface area contributed by atoms with Crippen molar-refractivity contribution in [2.24, 2.45) is 47.3 Å². The first-order valence-corrected chi connectivity index (χ1v) is 12.2. The van der Waals surface area contributed by atoms with Crippen LogP contribution >= 0.6 is 0 Å². The molecule has 2 bridgehead atoms. The minimum atomic E-state index is -0.505. The van der Waals surface area contributed by atoms with Gasteiger partial charge in [-0.05, 0) is 72.2 Å². The van der Waals surface area contributed by atoms with Crippen molar-refractivity contribution in [2.45, 2.75) is 0 Å². The summed E-state index contributed by atoms with van der Waals surface area (Å²) in [6.45, 7) is 0. The van der Waals surface area contributed by atoms with Crippen LogP contribution in [-0.2, 0) is 19.2 Å². The Morgan fingerprint density at radius 2 is 0.861 bits per heavy atom. The highest BCUT2D eigenvalue weighted by Gasteiger charge is 2.75. The molecule has 4 aliphatic carbocycles. The Kier molecular flexibility index (Phi) is 4.32. The van der Waals surface area contributed by atoms with E-state index >= 15 is 0 Å². The van der Waals surface area contributed by atoms with Crippen molar-refractivity contribution >= 4 is 35.0 Å². The number of allylic oxidation sites excluding steroid dienone is 2. The van der Waals surface area contributed by atoms with Gasteiger partial charge >= 0.3 is 0 Å². The van der Waals surface area contributed by atoms with Crippen LogP contribution < -0.4 is 19.3 Å². The van der Waals surface area contributed by atoms with E-state index in [0.717, 1.165) is 0 Å². The Bertz CT molecular complexity index is 1290. The van der Waals surface area contributed by atoms with E-state index in [4.69, 9.17) is 9.47 Å². The van der Waals surface area contributed by atoms with Gasteiger partial charge in [0, 0.05) is 0 Å². The molecule has 6 aliphatic rings. The van der Waals surface area contributed by atoms with E-state index in [1.807, 2.05) is 12.2 Å².